The number of hydrogen-bond donors (Lipinski definition) is 0. The molecule has 3 nitrogen and oxygen atoms in total. The number of nitrogens with zero attached hydrogens (tertiary/aromatic N) is 1. The van der Waals surface area contributed by atoms with E-state index in [0.717, 1.165) is 0 Å². The van der Waals surface area contributed by atoms with Crippen molar-refractivity contribution in [3.8, 4) is 5.75 Å². The van der Waals surface area contributed by atoms with Gasteiger partial charge in [0, 0.05) is 17.3 Å². The van der Waals surface area contributed by atoms with Crippen LogP contribution in [0.5, 0.6) is 5.75 Å². The summed E-state index contributed by atoms with van der Waals surface area (Å²) in [4.78, 5) is 16.1. The topological polar surface area (TPSA) is 39.2 Å². The number of aromatic nitrogens is 1. The minimum absolute atomic E-state index is 0.0898. The van der Waals surface area contributed by atoms with Gasteiger partial charge in [0.1, 0.15) is 11.4 Å². The van der Waals surface area contributed by atoms with E-state index < -0.39 is 12.2 Å². The lowest BCUT2D eigenvalue weighted by Crippen LogP contribution is -2.08. The third-order valence-electron chi connectivity index (χ3n) is 2.64. The number of alkyl halides is 2. The monoisotopic (exact) mass is 263 g/mol. The third-order valence-corrected chi connectivity index (χ3v) is 2.64. The summed E-state index contributed by atoms with van der Waals surface area (Å²) in [6.07, 6.45) is -1.29. The smallest absolute Gasteiger partial charge is 0.264 e. The Kier molecular flexibility index (Phi) is 3.85. The molecule has 0 aliphatic heterocycles. The van der Waals surface area contributed by atoms with Crippen LogP contribution in [0.3, 0.4) is 0 Å². The predicted molar refractivity (Wildman–Crippen MR) is 65.6 cm³/mol. The van der Waals surface area contributed by atoms with E-state index in [1.807, 2.05) is 0 Å². The molecular weight excluding hydrogens is 252 g/mol. The van der Waals surface area contributed by atoms with E-state index in [0.29, 0.717) is 5.75 Å². The summed E-state index contributed by atoms with van der Waals surface area (Å²) in [5.74, 6) is -0.196. The highest BCUT2D eigenvalue weighted by Gasteiger charge is 2.20. The van der Waals surface area contributed by atoms with Crippen LogP contribution in [0, 0.1) is 0 Å². The fourth-order valence-corrected chi connectivity index (χ4v) is 1.68. The molecule has 0 spiro atoms. The van der Waals surface area contributed by atoms with Crippen LogP contribution >= 0.6 is 0 Å². The maximum absolute atomic E-state index is 12.9. The zero-order valence-corrected chi connectivity index (χ0v) is 10.1. The lowest BCUT2D eigenvalue weighted by Gasteiger charge is -2.09. The summed E-state index contributed by atoms with van der Waals surface area (Å²) < 4.78 is 30.8. The maximum Gasteiger partial charge on any atom is 0.264 e. The van der Waals surface area contributed by atoms with Crippen molar-refractivity contribution in [2.75, 3.05) is 7.11 Å². The van der Waals surface area contributed by atoms with Gasteiger partial charge in [0.25, 0.3) is 6.43 Å². The molecule has 5 heteroatoms. The predicted octanol–water partition coefficient (Wildman–Crippen LogP) is 3.26. The zero-order chi connectivity index (χ0) is 13.8. The number of carbonyl (C=O) groups is 1. The van der Waals surface area contributed by atoms with Crippen LogP contribution in [0.25, 0.3) is 0 Å². The standard InChI is InChI=1S/C14H11F2NO2/c1-19-9-5-6-10(14(15)16)11(8-9)13(18)12-4-2-3-7-17-12/h2-8,14H,1H3. The molecule has 2 rings (SSSR count). The van der Waals surface area contributed by atoms with Crippen molar-refractivity contribution in [2.24, 2.45) is 0 Å². The molecule has 0 saturated carbocycles. The van der Waals surface area contributed by atoms with Gasteiger partial charge in [-0.2, -0.15) is 0 Å². The van der Waals surface area contributed by atoms with Gasteiger partial charge in [-0.1, -0.05) is 6.07 Å². The van der Waals surface area contributed by atoms with Crippen LogP contribution < -0.4 is 4.74 Å². The molecular formula is C14H11F2NO2. The molecule has 0 fully saturated rings. The number of benzene rings is 1. The first-order chi connectivity index (χ1) is 9.13. The van der Waals surface area contributed by atoms with Gasteiger partial charge in [-0.05, 0) is 30.3 Å². The van der Waals surface area contributed by atoms with Gasteiger partial charge in [0.2, 0.25) is 5.78 Å². The van der Waals surface area contributed by atoms with E-state index in [9.17, 15) is 13.6 Å². The highest BCUT2D eigenvalue weighted by atomic mass is 19.3. The van der Waals surface area contributed by atoms with Crippen molar-refractivity contribution in [1.29, 1.82) is 0 Å². The molecule has 0 atom stereocenters. The molecule has 0 unspecified atom stereocenters. The van der Waals surface area contributed by atoms with Crippen molar-refractivity contribution in [1.82, 2.24) is 4.98 Å². The highest BCUT2D eigenvalue weighted by molar-refractivity contribution is 6.08. The second-order valence-electron chi connectivity index (χ2n) is 3.80. The van der Waals surface area contributed by atoms with Crippen molar-refractivity contribution in [3.05, 3.63) is 59.4 Å². The maximum atomic E-state index is 12.9. The Bertz CT molecular complexity index is 585. The van der Waals surface area contributed by atoms with Gasteiger partial charge in [-0.15, -0.1) is 0 Å². The zero-order valence-electron chi connectivity index (χ0n) is 10.1. The van der Waals surface area contributed by atoms with Crippen molar-refractivity contribution in [3.63, 3.8) is 0 Å². The Morgan fingerprint density at radius 1 is 1.26 bits per heavy atom. The minimum Gasteiger partial charge on any atom is -0.497 e. The summed E-state index contributed by atoms with van der Waals surface area (Å²) >= 11 is 0. The first-order valence-corrected chi connectivity index (χ1v) is 5.55. The van der Waals surface area contributed by atoms with E-state index in [-0.39, 0.29) is 16.8 Å². The summed E-state index contributed by atoms with van der Waals surface area (Å²) in [7, 11) is 1.41. The Morgan fingerprint density at radius 2 is 2.05 bits per heavy atom. The number of carbonyl (C=O) groups excluding carboxylic acids is 1. The van der Waals surface area contributed by atoms with E-state index in [2.05, 4.69) is 4.98 Å². The fraction of sp³-hybridized carbons (Fsp3) is 0.143. The number of hydrogen-bond acceptors (Lipinski definition) is 3. The van der Waals surface area contributed by atoms with Crippen LogP contribution in [-0.4, -0.2) is 17.9 Å². The highest BCUT2D eigenvalue weighted by Crippen LogP contribution is 2.28. The van der Waals surface area contributed by atoms with Gasteiger partial charge in [-0.25, -0.2) is 8.78 Å². The van der Waals surface area contributed by atoms with E-state index in [1.165, 1.54) is 37.6 Å². The Hall–Kier alpha value is -2.30. The second kappa shape index (κ2) is 5.56. The van der Waals surface area contributed by atoms with Gasteiger partial charge < -0.3 is 4.74 Å². The third kappa shape index (κ3) is 2.76. The molecule has 2 aromatic rings. The SMILES string of the molecule is COc1ccc(C(F)F)c(C(=O)c2ccccn2)c1. The molecule has 1 heterocycles. The quantitative estimate of drug-likeness (QED) is 0.795. The molecule has 0 aliphatic carbocycles. The number of methoxy groups -OCH3 is 1. The van der Waals surface area contributed by atoms with E-state index >= 15 is 0 Å². The summed E-state index contributed by atoms with van der Waals surface area (Å²) in [6.45, 7) is 0. The van der Waals surface area contributed by atoms with Gasteiger partial charge in [-0.3, -0.25) is 9.78 Å². The minimum atomic E-state index is -2.73. The van der Waals surface area contributed by atoms with Crippen LogP contribution in [0.15, 0.2) is 42.6 Å². The largest absolute Gasteiger partial charge is 0.497 e. The molecule has 98 valence electrons. The summed E-state index contributed by atoms with van der Waals surface area (Å²) in [5, 5.41) is 0. The Balaban J connectivity index is 2.50. The molecule has 0 radical (unpaired) electrons. The molecule has 0 bridgehead atoms. The molecule has 0 N–H and O–H groups in total. The van der Waals surface area contributed by atoms with Gasteiger partial charge in [0.15, 0.2) is 0 Å². The number of ketones is 1. The first kappa shape index (κ1) is 13.1. The molecule has 0 saturated heterocycles. The van der Waals surface area contributed by atoms with Gasteiger partial charge >= 0.3 is 0 Å². The number of pyridine rings is 1. The second-order valence-corrected chi connectivity index (χ2v) is 3.80. The molecule has 0 amide bonds. The van der Waals surface area contributed by atoms with Crippen LogP contribution in [-0.2, 0) is 0 Å². The lowest BCUT2D eigenvalue weighted by atomic mass is 10.0. The van der Waals surface area contributed by atoms with Crippen molar-refractivity contribution in [2.45, 2.75) is 6.43 Å². The van der Waals surface area contributed by atoms with Crippen LogP contribution in [0.4, 0.5) is 8.78 Å². The normalized spacial score (nSPS) is 10.5. The molecule has 1 aromatic carbocycles. The molecule has 0 aliphatic rings. The number of ether oxygens (including phenoxy) is 1. The lowest BCUT2D eigenvalue weighted by molar-refractivity contribution is 0.101. The van der Waals surface area contributed by atoms with E-state index in [4.69, 9.17) is 4.74 Å². The Morgan fingerprint density at radius 3 is 2.63 bits per heavy atom. The van der Waals surface area contributed by atoms with Gasteiger partial charge in [0.05, 0.1) is 7.11 Å². The van der Waals surface area contributed by atoms with Crippen molar-refractivity contribution >= 4 is 5.78 Å². The average molecular weight is 263 g/mol. The average Bonchev–Trinajstić information content (AvgIpc) is 2.46. The molecule has 19 heavy (non-hydrogen) atoms. The Labute approximate surface area is 108 Å². The van der Waals surface area contributed by atoms with Crippen LogP contribution in [0.1, 0.15) is 28.0 Å². The van der Waals surface area contributed by atoms with Crippen LogP contribution in [0.2, 0.25) is 0 Å². The summed E-state index contributed by atoms with van der Waals surface area (Å²) in [6, 6.07) is 8.66. The van der Waals surface area contributed by atoms with Crippen molar-refractivity contribution < 1.29 is 18.3 Å². The number of halogens is 2. The first-order valence-electron chi connectivity index (χ1n) is 5.55. The fourth-order valence-electron chi connectivity index (χ4n) is 1.68. The van der Waals surface area contributed by atoms with E-state index in [1.54, 1.807) is 12.1 Å². The summed E-state index contributed by atoms with van der Waals surface area (Å²) in [5.41, 5.74) is -0.290. The number of rotatable bonds is 4. The molecule has 1 aromatic heterocycles.